The van der Waals surface area contributed by atoms with Gasteiger partial charge in [-0.1, -0.05) is 11.6 Å². The third-order valence-corrected chi connectivity index (χ3v) is 3.89. The van der Waals surface area contributed by atoms with Crippen LogP contribution >= 0.6 is 11.6 Å². The van der Waals surface area contributed by atoms with E-state index >= 15 is 0 Å². The quantitative estimate of drug-likeness (QED) is 0.669. The van der Waals surface area contributed by atoms with Crippen LogP contribution in [0.1, 0.15) is 0 Å². The molecule has 1 amide bonds. The van der Waals surface area contributed by atoms with Crippen LogP contribution in [0.4, 0.5) is 5.69 Å². The van der Waals surface area contributed by atoms with Crippen molar-refractivity contribution in [2.75, 3.05) is 26.1 Å². The molecule has 0 saturated carbocycles. The van der Waals surface area contributed by atoms with Gasteiger partial charge in [-0.3, -0.25) is 9.36 Å². The van der Waals surface area contributed by atoms with Crippen LogP contribution in [0.25, 0.3) is 5.69 Å². The molecule has 3 aromatic rings. The van der Waals surface area contributed by atoms with E-state index in [2.05, 4.69) is 15.5 Å². The fourth-order valence-electron chi connectivity index (χ4n) is 2.37. The van der Waals surface area contributed by atoms with Crippen LogP contribution in [-0.4, -0.2) is 41.5 Å². The largest absolute Gasteiger partial charge is 0.497 e. The Bertz CT molecular complexity index is 931. The molecule has 0 aliphatic heterocycles. The van der Waals surface area contributed by atoms with Gasteiger partial charge in [-0.05, 0) is 30.3 Å². The molecule has 1 N–H and O–H groups in total. The molecule has 27 heavy (non-hydrogen) atoms. The summed E-state index contributed by atoms with van der Waals surface area (Å²) in [5, 5.41) is 10.8. The molecule has 0 saturated heterocycles. The van der Waals surface area contributed by atoms with E-state index in [0.29, 0.717) is 33.6 Å². The maximum Gasteiger partial charge on any atom is 0.262 e. The van der Waals surface area contributed by atoms with Gasteiger partial charge in [0.2, 0.25) is 0 Å². The maximum absolute atomic E-state index is 12.3. The van der Waals surface area contributed by atoms with Crippen molar-refractivity contribution in [3.05, 3.63) is 54.1 Å². The summed E-state index contributed by atoms with van der Waals surface area (Å²) in [5.74, 6) is 1.24. The Kier molecular flexibility index (Phi) is 5.77. The number of ether oxygens (including phenoxy) is 3. The molecule has 0 fully saturated rings. The van der Waals surface area contributed by atoms with Crippen LogP contribution < -0.4 is 19.5 Å². The normalized spacial score (nSPS) is 10.3. The summed E-state index contributed by atoms with van der Waals surface area (Å²) in [5.41, 5.74) is 1.14. The zero-order valence-corrected chi connectivity index (χ0v) is 15.4. The summed E-state index contributed by atoms with van der Waals surface area (Å²) in [6.07, 6.45) is 3.03. The summed E-state index contributed by atoms with van der Waals surface area (Å²) in [6, 6.07) is 10.2. The molecule has 0 bridgehead atoms. The van der Waals surface area contributed by atoms with E-state index in [1.807, 2.05) is 0 Å². The molecule has 0 aliphatic rings. The van der Waals surface area contributed by atoms with Gasteiger partial charge in [0, 0.05) is 11.1 Å². The lowest BCUT2D eigenvalue weighted by Gasteiger charge is -2.14. The highest BCUT2D eigenvalue weighted by atomic mass is 35.5. The highest BCUT2D eigenvalue weighted by Crippen LogP contribution is 2.29. The number of aromatic nitrogens is 3. The van der Waals surface area contributed by atoms with Crippen molar-refractivity contribution in [3.8, 4) is 22.9 Å². The molecular formula is C18H17ClN4O4. The summed E-state index contributed by atoms with van der Waals surface area (Å²) >= 11 is 6.05. The lowest BCUT2D eigenvalue weighted by Crippen LogP contribution is -2.21. The molecule has 2 aromatic carbocycles. The second-order valence-electron chi connectivity index (χ2n) is 5.38. The smallest absolute Gasteiger partial charge is 0.262 e. The Balaban J connectivity index is 1.70. The Morgan fingerprint density at radius 3 is 2.56 bits per heavy atom. The van der Waals surface area contributed by atoms with Gasteiger partial charge in [0.25, 0.3) is 5.91 Å². The number of anilines is 1. The van der Waals surface area contributed by atoms with Crippen LogP contribution in [-0.2, 0) is 4.79 Å². The first-order valence-corrected chi connectivity index (χ1v) is 8.27. The number of benzene rings is 2. The highest BCUT2D eigenvalue weighted by molar-refractivity contribution is 6.30. The third-order valence-electron chi connectivity index (χ3n) is 3.66. The van der Waals surface area contributed by atoms with Crippen molar-refractivity contribution in [3.63, 3.8) is 0 Å². The zero-order valence-electron chi connectivity index (χ0n) is 14.7. The first kappa shape index (κ1) is 18.5. The van der Waals surface area contributed by atoms with E-state index < -0.39 is 0 Å². The van der Waals surface area contributed by atoms with Crippen LogP contribution in [0.5, 0.6) is 17.2 Å². The van der Waals surface area contributed by atoms with E-state index in [0.717, 1.165) is 0 Å². The van der Waals surface area contributed by atoms with Gasteiger partial charge in [0.05, 0.1) is 25.6 Å². The van der Waals surface area contributed by atoms with Crippen molar-refractivity contribution in [1.82, 2.24) is 14.8 Å². The summed E-state index contributed by atoms with van der Waals surface area (Å²) < 4.78 is 17.7. The molecule has 0 radical (unpaired) electrons. The number of hydrogen-bond acceptors (Lipinski definition) is 6. The van der Waals surface area contributed by atoms with Crippen LogP contribution in [0.15, 0.2) is 49.1 Å². The Labute approximate surface area is 160 Å². The molecule has 0 aliphatic carbocycles. The SMILES string of the molecule is COc1ccc(NC(=O)COc2ccc(Cl)cc2-n2cnnc2)c(OC)c1. The van der Waals surface area contributed by atoms with E-state index in [9.17, 15) is 4.79 Å². The molecule has 1 heterocycles. The molecule has 9 heteroatoms. The van der Waals surface area contributed by atoms with Crippen LogP contribution in [0.3, 0.4) is 0 Å². The Hall–Kier alpha value is -3.26. The lowest BCUT2D eigenvalue weighted by molar-refractivity contribution is -0.118. The van der Waals surface area contributed by atoms with Gasteiger partial charge >= 0.3 is 0 Å². The summed E-state index contributed by atoms with van der Waals surface area (Å²) in [7, 11) is 3.07. The number of halogens is 1. The number of nitrogens with zero attached hydrogens (tertiary/aromatic N) is 3. The minimum atomic E-state index is -0.344. The van der Waals surface area contributed by atoms with Gasteiger partial charge in [0.1, 0.15) is 29.9 Å². The highest BCUT2D eigenvalue weighted by Gasteiger charge is 2.12. The van der Waals surface area contributed by atoms with Crippen LogP contribution in [0, 0.1) is 0 Å². The van der Waals surface area contributed by atoms with E-state index in [1.165, 1.54) is 19.8 Å². The van der Waals surface area contributed by atoms with Crippen molar-refractivity contribution >= 4 is 23.2 Å². The predicted molar refractivity (Wildman–Crippen MR) is 100 cm³/mol. The lowest BCUT2D eigenvalue weighted by atomic mass is 10.2. The van der Waals surface area contributed by atoms with Gasteiger partial charge in [-0.2, -0.15) is 0 Å². The Morgan fingerprint density at radius 1 is 1.07 bits per heavy atom. The third kappa shape index (κ3) is 4.48. The summed E-state index contributed by atoms with van der Waals surface area (Å²) in [4.78, 5) is 12.3. The number of carbonyl (C=O) groups excluding carboxylic acids is 1. The minimum Gasteiger partial charge on any atom is -0.497 e. The number of nitrogens with one attached hydrogen (secondary N) is 1. The standard InChI is InChI=1S/C18H17ClN4O4/c1-25-13-4-5-14(17(8-13)26-2)22-18(24)9-27-16-6-3-12(19)7-15(16)23-10-20-21-11-23/h3-8,10-11H,9H2,1-2H3,(H,22,24). The molecule has 140 valence electrons. The molecule has 0 atom stereocenters. The van der Waals surface area contributed by atoms with Crippen molar-refractivity contribution in [1.29, 1.82) is 0 Å². The second-order valence-corrected chi connectivity index (χ2v) is 5.82. The Morgan fingerprint density at radius 2 is 1.85 bits per heavy atom. The first-order valence-electron chi connectivity index (χ1n) is 7.90. The molecule has 8 nitrogen and oxygen atoms in total. The van der Waals surface area contributed by atoms with Crippen LogP contribution in [0.2, 0.25) is 5.02 Å². The monoisotopic (exact) mass is 388 g/mol. The van der Waals surface area contributed by atoms with Gasteiger partial charge in [-0.25, -0.2) is 0 Å². The fraction of sp³-hybridized carbons (Fsp3) is 0.167. The molecular weight excluding hydrogens is 372 g/mol. The number of carbonyl (C=O) groups is 1. The van der Waals surface area contributed by atoms with E-state index in [4.69, 9.17) is 25.8 Å². The van der Waals surface area contributed by atoms with Crippen molar-refractivity contribution < 1.29 is 19.0 Å². The number of rotatable bonds is 7. The minimum absolute atomic E-state index is 0.202. The van der Waals surface area contributed by atoms with Gasteiger partial charge in [-0.15, -0.1) is 10.2 Å². The number of methoxy groups -OCH3 is 2. The fourth-order valence-corrected chi connectivity index (χ4v) is 2.54. The average Bonchev–Trinajstić information content (AvgIpc) is 3.22. The van der Waals surface area contributed by atoms with Gasteiger partial charge in [0.15, 0.2) is 6.61 Å². The molecule has 1 aromatic heterocycles. The summed E-state index contributed by atoms with van der Waals surface area (Å²) in [6.45, 7) is -0.202. The zero-order chi connectivity index (χ0) is 19.2. The first-order chi connectivity index (χ1) is 13.1. The van der Waals surface area contributed by atoms with Gasteiger partial charge < -0.3 is 19.5 Å². The predicted octanol–water partition coefficient (Wildman–Crippen LogP) is 2.96. The van der Waals surface area contributed by atoms with E-state index in [-0.39, 0.29) is 12.5 Å². The second kappa shape index (κ2) is 8.41. The van der Waals surface area contributed by atoms with E-state index in [1.54, 1.807) is 48.1 Å². The molecule has 0 spiro atoms. The molecule has 3 rings (SSSR count). The number of amides is 1. The topological polar surface area (TPSA) is 87.5 Å². The van der Waals surface area contributed by atoms with Crippen molar-refractivity contribution in [2.24, 2.45) is 0 Å². The maximum atomic E-state index is 12.3. The average molecular weight is 389 g/mol. The molecule has 0 unspecified atom stereocenters. The number of hydrogen-bond donors (Lipinski definition) is 1. The van der Waals surface area contributed by atoms with Crippen molar-refractivity contribution in [2.45, 2.75) is 0 Å².